The van der Waals surface area contributed by atoms with Crippen molar-refractivity contribution in [3.05, 3.63) is 12.8 Å². The summed E-state index contributed by atoms with van der Waals surface area (Å²) >= 11 is 0. The van der Waals surface area contributed by atoms with Gasteiger partial charge in [0.25, 0.3) is 0 Å². The fourth-order valence-electron chi connectivity index (χ4n) is 1.19. The summed E-state index contributed by atoms with van der Waals surface area (Å²) in [4.78, 5) is 2.15. The van der Waals surface area contributed by atoms with E-state index in [-0.39, 0.29) is 6.10 Å². The van der Waals surface area contributed by atoms with Crippen LogP contribution in [-0.4, -0.2) is 44.4 Å². The van der Waals surface area contributed by atoms with Crippen molar-refractivity contribution in [3.8, 4) is 0 Å². The zero-order chi connectivity index (χ0) is 8.10. The lowest BCUT2D eigenvalue weighted by molar-refractivity contribution is -0.0489. The molecule has 0 spiro atoms. The molecule has 1 aliphatic heterocycles. The van der Waals surface area contributed by atoms with Gasteiger partial charge in [-0.05, 0) is 6.20 Å². The fourth-order valence-corrected chi connectivity index (χ4v) is 1.19. The minimum Gasteiger partial charge on any atom is -0.382 e. The highest BCUT2D eigenvalue weighted by atomic mass is 16.5. The zero-order valence-electron chi connectivity index (χ0n) is 6.95. The molecule has 11 heavy (non-hydrogen) atoms. The topological polar surface area (TPSA) is 21.7 Å². The summed E-state index contributed by atoms with van der Waals surface area (Å²) in [5.74, 6) is 0. The van der Waals surface area contributed by atoms with Crippen LogP contribution in [0.15, 0.2) is 12.8 Å². The number of rotatable bonds is 3. The summed E-state index contributed by atoms with van der Waals surface area (Å²) in [7, 11) is 1.69. The minimum absolute atomic E-state index is 0.215. The SMILES string of the molecule is C=CN1CCOC(COC)C1. The highest BCUT2D eigenvalue weighted by Crippen LogP contribution is 2.04. The third-order valence-electron chi connectivity index (χ3n) is 1.78. The van der Waals surface area contributed by atoms with E-state index in [1.165, 1.54) is 0 Å². The first-order chi connectivity index (χ1) is 5.36. The molecule has 1 saturated heterocycles. The molecule has 1 heterocycles. The Hall–Kier alpha value is -0.540. The van der Waals surface area contributed by atoms with E-state index in [4.69, 9.17) is 9.47 Å². The Morgan fingerprint density at radius 3 is 3.27 bits per heavy atom. The molecule has 0 radical (unpaired) electrons. The van der Waals surface area contributed by atoms with Crippen molar-refractivity contribution in [3.63, 3.8) is 0 Å². The van der Waals surface area contributed by atoms with Gasteiger partial charge in [-0.1, -0.05) is 6.58 Å². The molecule has 1 fully saturated rings. The van der Waals surface area contributed by atoms with Gasteiger partial charge in [0.05, 0.1) is 19.3 Å². The number of hydrogen-bond donors (Lipinski definition) is 0. The van der Waals surface area contributed by atoms with E-state index in [2.05, 4.69) is 11.5 Å². The van der Waals surface area contributed by atoms with Crippen LogP contribution in [0.2, 0.25) is 0 Å². The van der Waals surface area contributed by atoms with Crippen LogP contribution in [0.4, 0.5) is 0 Å². The second-order valence-corrected chi connectivity index (χ2v) is 2.63. The summed E-state index contributed by atoms with van der Waals surface area (Å²) in [6, 6.07) is 0. The molecule has 1 unspecified atom stereocenters. The minimum atomic E-state index is 0.215. The first-order valence-corrected chi connectivity index (χ1v) is 3.84. The maximum atomic E-state index is 5.44. The van der Waals surface area contributed by atoms with E-state index >= 15 is 0 Å². The van der Waals surface area contributed by atoms with Crippen LogP contribution < -0.4 is 0 Å². The third kappa shape index (κ3) is 2.52. The summed E-state index contributed by atoms with van der Waals surface area (Å²) in [5.41, 5.74) is 0. The van der Waals surface area contributed by atoms with Gasteiger partial charge >= 0.3 is 0 Å². The van der Waals surface area contributed by atoms with Crippen LogP contribution >= 0.6 is 0 Å². The maximum Gasteiger partial charge on any atom is 0.0983 e. The Bertz CT molecular complexity index is 125. The Labute approximate surface area is 67.6 Å². The average molecular weight is 157 g/mol. The van der Waals surface area contributed by atoms with Crippen molar-refractivity contribution in [2.75, 3.05) is 33.4 Å². The third-order valence-corrected chi connectivity index (χ3v) is 1.78. The molecule has 0 aliphatic carbocycles. The summed E-state index contributed by atoms with van der Waals surface area (Å²) in [5, 5.41) is 0. The highest BCUT2D eigenvalue weighted by molar-refractivity contribution is 4.78. The molecule has 1 aliphatic rings. The van der Waals surface area contributed by atoms with Gasteiger partial charge in [-0.2, -0.15) is 0 Å². The zero-order valence-corrected chi connectivity index (χ0v) is 6.95. The lowest BCUT2D eigenvalue weighted by atomic mass is 10.3. The molecule has 64 valence electrons. The van der Waals surface area contributed by atoms with Crippen LogP contribution in [0.5, 0.6) is 0 Å². The van der Waals surface area contributed by atoms with Crippen molar-refractivity contribution in [1.82, 2.24) is 4.90 Å². The first kappa shape index (κ1) is 8.56. The Kier molecular flexibility index (Phi) is 3.39. The molecule has 1 rings (SSSR count). The quantitative estimate of drug-likeness (QED) is 0.594. The van der Waals surface area contributed by atoms with Crippen LogP contribution in [0.1, 0.15) is 0 Å². The second-order valence-electron chi connectivity index (χ2n) is 2.63. The molecule has 3 nitrogen and oxygen atoms in total. The van der Waals surface area contributed by atoms with Crippen LogP contribution in [0.3, 0.4) is 0 Å². The van der Waals surface area contributed by atoms with E-state index in [0.29, 0.717) is 6.61 Å². The lowest BCUT2D eigenvalue weighted by Gasteiger charge is -2.31. The van der Waals surface area contributed by atoms with E-state index in [0.717, 1.165) is 19.7 Å². The molecule has 0 N–H and O–H groups in total. The Morgan fingerprint density at radius 1 is 1.82 bits per heavy atom. The Morgan fingerprint density at radius 2 is 2.64 bits per heavy atom. The maximum absolute atomic E-state index is 5.44. The van der Waals surface area contributed by atoms with Gasteiger partial charge in [0.15, 0.2) is 0 Å². The van der Waals surface area contributed by atoms with Gasteiger partial charge in [-0.15, -0.1) is 0 Å². The van der Waals surface area contributed by atoms with Crippen LogP contribution in [0.25, 0.3) is 0 Å². The van der Waals surface area contributed by atoms with E-state index in [1.807, 2.05) is 6.20 Å². The van der Waals surface area contributed by atoms with Crippen molar-refractivity contribution in [1.29, 1.82) is 0 Å². The first-order valence-electron chi connectivity index (χ1n) is 3.84. The van der Waals surface area contributed by atoms with E-state index < -0.39 is 0 Å². The molecular formula is C8H15NO2. The highest BCUT2D eigenvalue weighted by Gasteiger charge is 2.16. The van der Waals surface area contributed by atoms with Gasteiger partial charge in [-0.3, -0.25) is 0 Å². The van der Waals surface area contributed by atoms with Gasteiger partial charge in [-0.25, -0.2) is 0 Å². The molecule has 0 amide bonds. The number of ether oxygens (including phenoxy) is 2. The predicted octanol–water partition coefficient (Wildman–Crippen LogP) is 0.477. The molecule has 0 aromatic rings. The standard InChI is InChI=1S/C8H15NO2/c1-3-9-4-5-11-8(6-9)7-10-2/h3,8H,1,4-7H2,2H3. The smallest absolute Gasteiger partial charge is 0.0983 e. The van der Waals surface area contributed by atoms with E-state index in [9.17, 15) is 0 Å². The molecule has 0 saturated carbocycles. The molecule has 0 aromatic heterocycles. The van der Waals surface area contributed by atoms with Crippen LogP contribution in [0, 0.1) is 0 Å². The Balaban J connectivity index is 2.27. The molecule has 0 aromatic carbocycles. The molecule has 3 heteroatoms. The van der Waals surface area contributed by atoms with Crippen molar-refractivity contribution in [2.24, 2.45) is 0 Å². The number of methoxy groups -OCH3 is 1. The molecule has 1 atom stereocenters. The van der Waals surface area contributed by atoms with Crippen molar-refractivity contribution >= 4 is 0 Å². The van der Waals surface area contributed by atoms with Gasteiger partial charge in [0.2, 0.25) is 0 Å². The second kappa shape index (κ2) is 4.36. The monoisotopic (exact) mass is 157 g/mol. The largest absolute Gasteiger partial charge is 0.382 e. The van der Waals surface area contributed by atoms with Crippen LogP contribution in [-0.2, 0) is 9.47 Å². The van der Waals surface area contributed by atoms with Crippen molar-refractivity contribution in [2.45, 2.75) is 6.10 Å². The lowest BCUT2D eigenvalue weighted by Crippen LogP contribution is -2.41. The number of nitrogens with zero attached hydrogens (tertiary/aromatic N) is 1. The number of morpholine rings is 1. The van der Waals surface area contributed by atoms with E-state index in [1.54, 1.807) is 7.11 Å². The normalized spacial score (nSPS) is 25.2. The summed E-state index contributed by atoms with van der Waals surface area (Å²) in [6.07, 6.45) is 2.07. The summed E-state index contributed by atoms with van der Waals surface area (Å²) < 4.78 is 10.4. The van der Waals surface area contributed by atoms with Gasteiger partial charge in [0, 0.05) is 20.2 Å². The molecule has 0 bridgehead atoms. The predicted molar refractivity (Wildman–Crippen MR) is 43.4 cm³/mol. The fraction of sp³-hybridized carbons (Fsp3) is 0.750. The van der Waals surface area contributed by atoms with Gasteiger partial charge in [0.1, 0.15) is 0 Å². The van der Waals surface area contributed by atoms with Gasteiger partial charge < -0.3 is 14.4 Å². The summed E-state index contributed by atoms with van der Waals surface area (Å²) in [6.45, 7) is 7.01. The molecular weight excluding hydrogens is 142 g/mol. The average Bonchev–Trinajstić information content (AvgIpc) is 2.06. The van der Waals surface area contributed by atoms with Crippen molar-refractivity contribution < 1.29 is 9.47 Å². The number of hydrogen-bond acceptors (Lipinski definition) is 3.